The van der Waals surface area contributed by atoms with Crippen LogP contribution < -0.4 is 5.73 Å². The Morgan fingerprint density at radius 3 is 2.60 bits per heavy atom. The quantitative estimate of drug-likeness (QED) is 0.801. The van der Waals surface area contributed by atoms with Crippen molar-refractivity contribution in [2.45, 2.75) is 10.3 Å². The molecule has 0 spiro atoms. The summed E-state index contributed by atoms with van der Waals surface area (Å²) in [5, 5.41) is -1.02. The van der Waals surface area contributed by atoms with E-state index in [4.69, 9.17) is 5.73 Å². The van der Waals surface area contributed by atoms with E-state index in [1.165, 1.54) is 30.0 Å². The van der Waals surface area contributed by atoms with E-state index in [0.717, 1.165) is 10.6 Å². The van der Waals surface area contributed by atoms with Gasteiger partial charge < -0.3 is 5.73 Å². The monoisotopic (exact) mass is 336 g/mol. The fourth-order valence-corrected chi connectivity index (χ4v) is 7.21. The molecule has 20 heavy (non-hydrogen) atoms. The number of sulfonamides is 1. The molecule has 1 atom stereocenters. The molecule has 1 heterocycles. The van der Waals surface area contributed by atoms with Crippen LogP contribution in [0.4, 0.5) is 5.69 Å². The van der Waals surface area contributed by atoms with E-state index in [0.29, 0.717) is 11.4 Å². The van der Waals surface area contributed by atoms with Gasteiger partial charge in [0.2, 0.25) is 10.0 Å². The molecule has 1 unspecified atom stereocenters. The molecule has 0 saturated carbocycles. The summed E-state index contributed by atoms with van der Waals surface area (Å²) in [5.41, 5.74) is 5.93. The molecule has 2 rings (SSSR count). The number of sulfone groups is 1. The van der Waals surface area contributed by atoms with Crippen molar-refractivity contribution in [2.75, 3.05) is 30.0 Å². The van der Waals surface area contributed by atoms with E-state index in [-0.39, 0.29) is 17.2 Å². The van der Waals surface area contributed by atoms with Gasteiger partial charge in [-0.05, 0) is 18.2 Å². The van der Waals surface area contributed by atoms with Gasteiger partial charge in [0.05, 0.1) is 4.90 Å². The highest BCUT2D eigenvalue weighted by Gasteiger charge is 2.39. The Kier molecular flexibility index (Phi) is 4.33. The second-order valence-electron chi connectivity index (χ2n) is 4.55. The Bertz CT molecular complexity index is 700. The normalized spacial score (nSPS) is 21.8. The highest BCUT2D eigenvalue weighted by molar-refractivity contribution is 8.01. The lowest BCUT2D eigenvalue weighted by molar-refractivity contribution is 0.405. The predicted octanol–water partition coefficient (Wildman–Crippen LogP) is 0.377. The molecule has 1 aliphatic rings. The Morgan fingerprint density at radius 2 is 2.00 bits per heavy atom. The van der Waals surface area contributed by atoms with Crippen molar-refractivity contribution >= 4 is 37.3 Å². The molecule has 6 nitrogen and oxygen atoms in total. The predicted molar refractivity (Wildman–Crippen MR) is 80.7 cm³/mol. The number of rotatable bonds is 3. The van der Waals surface area contributed by atoms with Gasteiger partial charge in [0.1, 0.15) is 5.37 Å². The maximum atomic E-state index is 12.6. The molecule has 1 aromatic rings. The third kappa shape index (κ3) is 3.11. The van der Waals surface area contributed by atoms with Crippen LogP contribution in [0, 0.1) is 0 Å². The van der Waals surface area contributed by atoms with Crippen molar-refractivity contribution < 1.29 is 16.8 Å². The first-order valence-electron chi connectivity index (χ1n) is 5.87. The van der Waals surface area contributed by atoms with Crippen LogP contribution in [-0.4, -0.2) is 50.8 Å². The fourth-order valence-electron chi connectivity index (χ4n) is 1.99. The number of anilines is 1. The van der Waals surface area contributed by atoms with Gasteiger partial charge in [-0.1, -0.05) is 6.07 Å². The van der Waals surface area contributed by atoms with Crippen LogP contribution in [0.15, 0.2) is 29.2 Å². The number of nitrogen functional groups attached to an aromatic ring is 1. The van der Waals surface area contributed by atoms with Crippen LogP contribution >= 0.6 is 11.8 Å². The van der Waals surface area contributed by atoms with E-state index >= 15 is 0 Å². The lowest BCUT2D eigenvalue weighted by Gasteiger charge is -2.32. The van der Waals surface area contributed by atoms with Gasteiger partial charge in [0.15, 0.2) is 9.84 Å². The molecular weight excluding hydrogens is 320 g/mol. The first kappa shape index (κ1) is 15.6. The largest absolute Gasteiger partial charge is 0.399 e. The van der Waals surface area contributed by atoms with Gasteiger partial charge in [-0.25, -0.2) is 16.8 Å². The molecule has 1 saturated heterocycles. The first-order valence-corrected chi connectivity index (χ1v) is 10.4. The van der Waals surface area contributed by atoms with Crippen LogP contribution in [0.25, 0.3) is 0 Å². The molecule has 0 radical (unpaired) electrons. The summed E-state index contributed by atoms with van der Waals surface area (Å²) in [6, 6.07) is 5.89. The Morgan fingerprint density at radius 1 is 1.30 bits per heavy atom. The number of nitrogens with two attached hydrogens (primary N) is 1. The molecule has 9 heteroatoms. The second kappa shape index (κ2) is 5.55. The van der Waals surface area contributed by atoms with E-state index in [2.05, 4.69) is 0 Å². The fraction of sp³-hybridized carbons (Fsp3) is 0.455. The van der Waals surface area contributed by atoms with E-state index in [1.807, 2.05) is 0 Å². The SMILES string of the molecule is CS(=O)(=O)C1CSCCN1S(=O)(=O)c1cccc(N)c1. The minimum atomic E-state index is -3.86. The number of hydrogen-bond acceptors (Lipinski definition) is 6. The van der Waals surface area contributed by atoms with Crippen LogP contribution in [0.2, 0.25) is 0 Å². The van der Waals surface area contributed by atoms with Gasteiger partial charge in [0, 0.05) is 30.0 Å². The molecule has 1 aromatic carbocycles. The van der Waals surface area contributed by atoms with Crippen LogP contribution in [0.1, 0.15) is 0 Å². The molecule has 2 N–H and O–H groups in total. The summed E-state index contributed by atoms with van der Waals surface area (Å²) in [7, 11) is -7.34. The molecule has 1 fully saturated rings. The molecule has 0 aliphatic carbocycles. The zero-order valence-corrected chi connectivity index (χ0v) is 13.3. The topological polar surface area (TPSA) is 97.5 Å². The summed E-state index contributed by atoms with van der Waals surface area (Å²) in [6.07, 6.45) is 1.06. The lowest BCUT2D eigenvalue weighted by atomic mass is 10.3. The van der Waals surface area contributed by atoms with Crippen molar-refractivity contribution in [3.8, 4) is 0 Å². The minimum Gasteiger partial charge on any atom is -0.399 e. The third-order valence-electron chi connectivity index (χ3n) is 3.00. The molecule has 1 aliphatic heterocycles. The van der Waals surface area contributed by atoms with Crippen molar-refractivity contribution in [2.24, 2.45) is 0 Å². The van der Waals surface area contributed by atoms with Crippen molar-refractivity contribution in [3.63, 3.8) is 0 Å². The highest BCUT2D eigenvalue weighted by Crippen LogP contribution is 2.27. The number of hydrogen-bond donors (Lipinski definition) is 1. The molecular formula is C11H16N2O4S3. The Labute approximate surface area is 123 Å². The smallest absolute Gasteiger partial charge is 0.244 e. The van der Waals surface area contributed by atoms with Gasteiger partial charge in [-0.2, -0.15) is 16.1 Å². The third-order valence-corrected chi connectivity index (χ3v) is 7.68. The molecule has 112 valence electrons. The van der Waals surface area contributed by atoms with Crippen LogP contribution in [-0.2, 0) is 19.9 Å². The van der Waals surface area contributed by atoms with Crippen LogP contribution in [0.3, 0.4) is 0 Å². The van der Waals surface area contributed by atoms with Crippen molar-refractivity contribution in [3.05, 3.63) is 24.3 Å². The van der Waals surface area contributed by atoms with E-state index < -0.39 is 25.2 Å². The molecule has 0 amide bonds. The lowest BCUT2D eigenvalue weighted by Crippen LogP contribution is -2.49. The van der Waals surface area contributed by atoms with Gasteiger partial charge >= 0.3 is 0 Å². The first-order chi connectivity index (χ1) is 9.23. The number of nitrogens with zero attached hydrogens (tertiary/aromatic N) is 1. The standard InChI is InChI=1S/C11H16N2O4S3/c1-19(14,15)11-8-18-6-5-13(11)20(16,17)10-4-2-3-9(12)7-10/h2-4,7,11H,5-6,8,12H2,1H3. The summed E-state index contributed by atoms with van der Waals surface area (Å²) in [5.74, 6) is 0.827. The average Bonchev–Trinajstić information content (AvgIpc) is 2.38. The maximum absolute atomic E-state index is 12.6. The summed E-state index contributed by atoms with van der Waals surface area (Å²) in [6.45, 7) is 0.180. The van der Waals surface area contributed by atoms with Crippen molar-refractivity contribution in [1.82, 2.24) is 4.31 Å². The van der Waals surface area contributed by atoms with E-state index in [9.17, 15) is 16.8 Å². The summed E-state index contributed by atoms with van der Waals surface area (Å²) >= 11 is 1.44. The second-order valence-corrected chi connectivity index (χ2v) is 9.79. The van der Waals surface area contributed by atoms with Gasteiger partial charge in [-0.3, -0.25) is 0 Å². The number of thioether (sulfide) groups is 1. The summed E-state index contributed by atoms with van der Waals surface area (Å²) < 4.78 is 49.8. The van der Waals surface area contributed by atoms with Gasteiger partial charge in [0.25, 0.3) is 0 Å². The molecule has 0 bridgehead atoms. The number of benzene rings is 1. The molecule has 0 aromatic heterocycles. The minimum absolute atomic E-state index is 0.0260. The zero-order valence-electron chi connectivity index (χ0n) is 10.9. The van der Waals surface area contributed by atoms with E-state index in [1.54, 1.807) is 6.07 Å². The van der Waals surface area contributed by atoms with Crippen molar-refractivity contribution in [1.29, 1.82) is 0 Å². The van der Waals surface area contributed by atoms with Gasteiger partial charge in [-0.15, -0.1) is 0 Å². The summed E-state index contributed by atoms with van der Waals surface area (Å²) in [4.78, 5) is 0.0260. The van der Waals surface area contributed by atoms with Crippen LogP contribution in [0.5, 0.6) is 0 Å². The Hall–Kier alpha value is -0.770. The highest BCUT2D eigenvalue weighted by atomic mass is 32.2. The Balaban J connectivity index is 2.46. The maximum Gasteiger partial charge on any atom is 0.244 e. The average molecular weight is 336 g/mol. The zero-order chi connectivity index (χ0) is 15.0.